The standard InChI is InChI=1S/C29H29N5O5/c1-19-7-2-3-9-22(19)28(29(36)30-16-21-8-6-14-37-21)34(20-12-13-25-26(15-20)39-18-38-25)27(35)17-33-24-11-5-4-10-23(24)31-32-33/h2-5,7,9-13,15,21,28H,6,8,14,16-18H2,1H3,(H,30,36)/t21-,28-/m1/s1. The number of fused-ring (bicyclic) bond motifs is 2. The van der Waals surface area contributed by atoms with Crippen LogP contribution in [0.2, 0.25) is 0 Å². The van der Waals surface area contributed by atoms with Crippen molar-refractivity contribution in [3.63, 3.8) is 0 Å². The van der Waals surface area contributed by atoms with Crippen molar-refractivity contribution in [2.45, 2.75) is 38.5 Å². The van der Waals surface area contributed by atoms with Crippen LogP contribution in [-0.4, -0.2) is 52.9 Å². The molecule has 3 heterocycles. The van der Waals surface area contributed by atoms with Crippen LogP contribution in [0.5, 0.6) is 11.5 Å². The topological polar surface area (TPSA) is 108 Å². The molecule has 4 aromatic rings. The Morgan fingerprint density at radius 3 is 2.74 bits per heavy atom. The van der Waals surface area contributed by atoms with Gasteiger partial charge in [-0.15, -0.1) is 5.10 Å². The van der Waals surface area contributed by atoms with Crippen molar-refractivity contribution in [2.24, 2.45) is 0 Å². The van der Waals surface area contributed by atoms with Crippen LogP contribution in [0.1, 0.15) is 30.0 Å². The molecule has 3 aromatic carbocycles. The molecule has 2 aliphatic heterocycles. The van der Waals surface area contributed by atoms with E-state index in [0.29, 0.717) is 35.9 Å². The molecule has 0 unspecified atom stereocenters. The highest BCUT2D eigenvalue weighted by Crippen LogP contribution is 2.38. The molecule has 2 atom stereocenters. The minimum atomic E-state index is -0.949. The number of amides is 2. The van der Waals surface area contributed by atoms with E-state index in [2.05, 4.69) is 15.6 Å². The molecular weight excluding hydrogens is 498 g/mol. The molecule has 0 saturated carbocycles. The van der Waals surface area contributed by atoms with E-state index < -0.39 is 6.04 Å². The summed E-state index contributed by atoms with van der Waals surface area (Å²) in [5, 5.41) is 11.4. The van der Waals surface area contributed by atoms with E-state index in [1.165, 1.54) is 4.90 Å². The number of aryl methyl sites for hydroxylation is 1. The maximum atomic E-state index is 14.2. The SMILES string of the molecule is Cc1ccccc1[C@H](C(=O)NC[C@H]1CCCO1)N(C(=O)Cn1nnc2ccccc21)c1ccc2c(c1)OCO2. The lowest BCUT2D eigenvalue weighted by Gasteiger charge is -2.32. The second kappa shape index (κ2) is 10.7. The maximum absolute atomic E-state index is 14.2. The lowest BCUT2D eigenvalue weighted by atomic mass is 9.98. The van der Waals surface area contributed by atoms with Crippen LogP contribution in [-0.2, 0) is 20.9 Å². The first-order chi connectivity index (χ1) is 19.1. The summed E-state index contributed by atoms with van der Waals surface area (Å²) in [5.41, 5.74) is 3.53. The smallest absolute Gasteiger partial charge is 0.249 e. The van der Waals surface area contributed by atoms with Crippen LogP contribution in [0.15, 0.2) is 66.7 Å². The molecule has 6 rings (SSSR count). The maximum Gasteiger partial charge on any atom is 0.249 e. The fourth-order valence-electron chi connectivity index (χ4n) is 5.12. The van der Waals surface area contributed by atoms with Gasteiger partial charge in [0.25, 0.3) is 0 Å². The number of carbonyl (C=O) groups excluding carboxylic acids is 2. The van der Waals surface area contributed by atoms with Crippen molar-refractivity contribution in [1.82, 2.24) is 20.3 Å². The van der Waals surface area contributed by atoms with E-state index in [1.807, 2.05) is 55.5 Å². The number of benzene rings is 3. The van der Waals surface area contributed by atoms with E-state index >= 15 is 0 Å². The van der Waals surface area contributed by atoms with E-state index in [-0.39, 0.29) is 31.3 Å². The quantitative estimate of drug-likeness (QED) is 0.373. The molecule has 1 saturated heterocycles. The lowest BCUT2D eigenvalue weighted by Crippen LogP contribution is -2.47. The number of hydrogen-bond acceptors (Lipinski definition) is 7. The third-order valence-corrected chi connectivity index (χ3v) is 7.13. The number of anilines is 1. The Kier molecular flexibility index (Phi) is 6.85. The summed E-state index contributed by atoms with van der Waals surface area (Å²) in [6, 6.07) is 19.3. The van der Waals surface area contributed by atoms with Crippen LogP contribution in [0.25, 0.3) is 11.0 Å². The second-order valence-electron chi connectivity index (χ2n) is 9.68. The predicted octanol–water partition coefficient (Wildman–Crippen LogP) is 3.54. The van der Waals surface area contributed by atoms with Gasteiger partial charge in [0.2, 0.25) is 18.6 Å². The molecule has 0 aliphatic carbocycles. The van der Waals surface area contributed by atoms with Gasteiger partial charge >= 0.3 is 0 Å². The van der Waals surface area contributed by atoms with Gasteiger partial charge in [-0.1, -0.05) is 41.6 Å². The molecule has 1 fully saturated rings. The van der Waals surface area contributed by atoms with Gasteiger partial charge in [-0.2, -0.15) is 0 Å². The molecule has 0 spiro atoms. The summed E-state index contributed by atoms with van der Waals surface area (Å²) in [6.45, 7) is 2.98. The van der Waals surface area contributed by atoms with Crippen molar-refractivity contribution < 1.29 is 23.8 Å². The summed E-state index contributed by atoms with van der Waals surface area (Å²) in [4.78, 5) is 29.7. The number of nitrogens with one attached hydrogen (secondary N) is 1. The fraction of sp³-hybridized carbons (Fsp3) is 0.310. The van der Waals surface area contributed by atoms with Crippen molar-refractivity contribution in [2.75, 3.05) is 24.8 Å². The fourth-order valence-corrected chi connectivity index (χ4v) is 5.12. The van der Waals surface area contributed by atoms with Gasteiger partial charge in [0.15, 0.2) is 11.5 Å². The van der Waals surface area contributed by atoms with Crippen LogP contribution in [0, 0.1) is 6.92 Å². The molecule has 2 aliphatic rings. The van der Waals surface area contributed by atoms with E-state index in [1.54, 1.807) is 22.9 Å². The molecule has 200 valence electrons. The van der Waals surface area contributed by atoms with Crippen molar-refractivity contribution in [3.8, 4) is 11.5 Å². The monoisotopic (exact) mass is 527 g/mol. The summed E-state index contributed by atoms with van der Waals surface area (Å²) in [5.74, 6) is 0.475. The zero-order chi connectivity index (χ0) is 26.8. The van der Waals surface area contributed by atoms with E-state index in [0.717, 1.165) is 29.5 Å². The summed E-state index contributed by atoms with van der Waals surface area (Å²) < 4.78 is 18.4. The van der Waals surface area contributed by atoms with Crippen LogP contribution in [0.3, 0.4) is 0 Å². The first kappa shape index (κ1) is 24.9. The molecule has 1 N–H and O–H groups in total. The zero-order valence-electron chi connectivity index (χ0n) is 21.6. The Morgan fingerprint density at radius 1 is 1.08 bits per heavy atom. The Labute approximate surface area is 225 Å². The molecule has 0 radical (unpaired) electrons. The zero-order valence-corrected chi connectivity index (χ0v) is 21.6. The van der Waals surface area contributed by atoms with Crippen molar-refractivity contribution >= 4 is 28.5 Å². The molecule has 1 aromatic heterocycles. The van der Waals surface area contributed by atoms with E-state index in [9.17, 15) is 9.59 Å². The molecule has 10 nitrogen and oxygen atoms in total. The third kappa shape index (κ3) is 5.03. The molecule has 39 heavy (non-hydrogen) atoms. The van der Waals surface area contributed by atoms with Crippen LogP contribution >= 0.6 is 0 Å². The normalized spacial score (nSPS) is 16.8. The second-order valence-corrected chi connectivity index (χ2v) is 9.68. The Hall–Kier alpha value is -4.44. The van der Waals surface area contributed by atoms with Gasteiger partial charge < -0.3 is 19.5 Å². The van der Waals surface area contributed by atoms with Crippen LogP contribution in [0.4, 0.5) is 5.69 Å². The Bertz CT molecular complexity index is 1510. The van der Waals surface area contributed by atoms with Crippen molar-refractivity contribution in [1.29, 1.82) is 0 Å². The first-order valence-electron chi connectivity index (χ1n) is 13.0. The summed E-state index contributed by atoms with van der Waals surface area (Å²) in [6.07, 6.45) is 1.82. The average molecular weight is 528 g/mol. The van der Waals surface area contributed by atoms with E-state index in [4.69, 9.17) is 14.2 Å². The number of hydrogen-bond donors (Lipinski definition) is 1. The number of para-hydroxylation sites is 1. The van der Waals surface area contributed by atoms with Gasteiger partial charge in [-0.3, -0.25) is 14.5 Å². The number of rotatable bonds is 8. The Morgan fingerprint density at radius 2 is 1.90 bits per heavy atom. The minimum absolute atomic E-state index is 0.0392. The molecule has 2 amide bonds. The summed E-state index contributed by atoms with van der Waals surface area (Å²) in [7, 11) is 0. The molecular formula is C29H29N5O5. The first-order valence-corrected chi connectivity index (χ1v) is 13.0. The van der Waals surface area contributed by atoms with Crippen LogP contribution < -0.4 is 19.7 Å². The summed E-state index contributed by atoms with van der Waals surface area (Å²) >= 11 is 0. The highest BCUT2D eigenvalue weighted by Gasteiger charge is 2.35. The van der Waals surface area contributed by atoms with Gasteiger partial charge in [-0.05, 0) is 55.2 Å². The minimum Gasteiger partial charge on any atom is -0.454 e. The number of carbonyl (C=O) groups is 2. The molecule has 10 heteroatoms. The van der Waals surface area contributed by atoms with Gasteiger partial charge in [0, 0.05) is 24.9 Å². The number of ether oxygens (including phenoxy) is 3. The van der Waals surface area contributed by atoms with Gasteiger partial charge in [-0.25, -0.2) is 4.68 Å². The average Bonchev–Trinajstić information content (AvgIpc) is 3.72. The number of aromatic nitrogens is 3. The van der Waals surface area contributed by atoms with Gasteiger partial charge in [0.05, 0.1) is 11.6 Å². The Balaban J connectivity index is 1.41. The highest BCUT2D eigenvalue weighted by molar-refractivity contribution is 6.02. The number of nitrogens with zero attached hydrogens (tertiary/aromatic N) is 4. The predicted molar refractivity (Wildman–Crippen MR) is 143 cm³/mol. The van der Waals surface area contributed by atoms with Gasteiger partial charge in [0.1, 0.15) is 18.1 Å². The molecule has 0 bridgehead atoms. The van der Waals surface area contributed by atoms with Crippen molar-refractivity contribution in [3.05, 3.63) is 77.9 Å². The highest BCUT2D eigenvalue weighted by atomic mass is 16.7. The third-order valence-electron chi connectivity index (χ3n) is 7.13. The largest absolute Gasteiger partial charge is 0.454 e. The lowest BCUT2D eigenvalue weighted by molar-refractivity contribution is -0.127.